The molecule has 358 valence electrons. The van der Waals surface area contributed by atoms with Crippen molar-refractivity contribution >= 4 is 13.7 Å². The lowest BCUT2D eigenvalue weighted by molar-refractivity contribution is -0.870. The Labute approximate surface area is 373 Å². The molecular formula is C51H103N2O6P. The summed E-state index contributed by atoms with van der Waals surface area (Å²) in [5, 5.41) is 13.9. The third-order valence-electron chi connectivity index (χ3n) is 12.0. The Bertz CT molecular complexity index is 989. The molecule has 0 saturated carbocycles. The summed E-state index contributed by atoms with van der Waals surface area (Å²) >= 11 is 0. The number of amides is 1. The maximum absolute atomic E-state index is 12.9. The molecule has 0 radical (unpaired) electrons. The number of carbonyl (C=O) groups is 1. The Kier molecular flexibility index (Phi) is 42.9. The zero-order chi connectivity index (χ0) is 44.3. The standard InChI is InChI=1S/C51H103N2O6P/c1-6-8-10-12-14-16-18-20-22-24-26-28-30-32-34-36-38-40-42-44-50(54)49(48-59-60(56,57)58-47-46-53(3,4)5)52-51(55)45-43-41-39-37-35-33-31-29-27-25-23-21-19-17-15-13-11-9-7-2/h42,44,49-50,54H,6-41,43,45-48H2,1-5H3,(H-,52,55,56,57)/b44-42+. The lowest BCUT2D eigenvalue weighted by Crippen LogP contribution is -2.45. The van der Waals surface area contributed by atoms with Crippen molar-refractivity contribution in [3.8, 4) is 0 Å². The number of quaternary nitrogens is 1. The van der Waals surface area contributed by atoms with Crippen molar-refractivity contribution in [3.05, 3.63) is 12.2 Å². The molecule has 9 heteroatoms. The van der Waals surface area contributed by atoms with Crippen LogP contribution in [0.5, 0.6) is 0 Å². The molecule has 0 fully saturated rings. The number of hydrogen-bond donors (Lipinski definition) is 2. The zero-order valence-corrected chi connectivity index (χ0v) is 41.6. The molecule has 0 aromatic heterocycles. The molecule has 0 spiro atoms. The van der Waals surface area contributed by atoms with E-state index in [0.29, 0.717) is 17.4 Å². The Morgan fingerprint density at radius 3 is 1.25 bits per heavy atom. The third-order valence-corrected chi connectivity index (χ3v) is 13.0. The summed E-state index contributed by atoms with van der Waals surface area (Å²) in [4.78, 5) is 25.4. The molecule has 0 aliphatic rings. The molecule has 2 N–H and O–H groups in total. The van der Waals surface area contributed by atoms with Gasteiger partial charge in [-0.2, -0.15) is 0 Å². The summed E-state index contributed by atoms with van der Waals surface area (Å²) in [6, 6.07) is -0.881. The van der Waals surface area contributed by atoms with Crippen molar-refractivity contribution in [1.29, 1.82) is 0 Å². The maximum Gasteiger partial charge on any atom is 0.268 e. The largest absolute Gasteiger partial charge is 0.756 e. The van der Waals surface area contributed by atoms with E-state index in [-0.39, 0.29) is 19.1 Å². The van der Waals surface area contributed by atoms with Gasteiger partial charge in [-0.15, -0.1) is 0 Å². The second-order valence-electron chi connectivity index (χ2n) is 19.2. The summed E-state index contributed by atoms with van der Waals surface area (Å²) < 4.78 is 23.3. The number of aliphatic hydroxyl groups excluding tert-OH is 1. The molecule has 3 atom stereocenters. The average Bonchev–Trinajstić information content (AvgIpc) is 3.20. The number of nitrogens with zero attached hydrogens (tertiary/aromatic N) is 1. The van der Waals surface area contributed by atoms with Crippen LogP contribution in [-0.4, -0.2) is 68.5 Å². The Morgan fingerprint density at radius 2 is 0.900 bits per heavy atom. The molecule has 60 heavy (non-hydrogen) atoms. The number of phosphoric ester groups is 1. The van der Waals surface area contributed by atoms with Gasteiger partial charge in [0.25, 0.3) is 7.82 Å². The topological polar surface area (TPSA) is 108 Å². The molecule has 1 amide bonds. The predicted molar refractivity (Wildman–Crippen MR) is 256 cm³/mol. The third kappa shape index (κ3) is 45.3. The van der Waals surface area contributed by atoms with Gasteiger partial charge in [-0.1, -0.05) is 244 Å². The smallest absolute Gasteiger partial charge is 0.268 e. The Morgan fingerprint density at radius 1 is 0.567 bits per heavy atom. The summed E-state index contributed by atoms with van der Waals surface area (Å²) in [6.07, 6.45) is 51.2. The van der Waals surface area contributed by atoms with Crippen LogP contribution in [0.25, 0.3) is 0 Å². The van der Waals surface area contributed by atoms with E-state index < -0.39 is 20.0 Å². The van der Waals surface area contributed by atoms with E-state index >= 15 is 0 Å². The number of likely N-dealkylation sites (N-methyl/N-ethyl adjacent to an activating group) is 1. The van der Waals surface area contributed by atoms with Gasteiger partial charge in [0, 0.05) is 6.42 Å². The van der Waals surface area contributed by atoms with Crippen LogP contribution < -0.4 is 10.2 Å². The highest BCUT2D eigenvalue weighted by molar-refractivity contribution is 7.45. The summed E-state index contributed by atoms with van der Waals surface area (Å²) in [5.41, 5.74) is 0. The van der Waals surface area contributed by atoms with Crippen LogP contribution in [0.3, 0.4) is 0 Å². The number of unbranched alkanes of at least 4 members (excludes halogenated alkanes) is 35. The van der Waals surface area contributed by atoms with Crippen LogP contribution in [0, 0.1) is 0 Å². The zero-order valence-electron chi connectivity index (χ0n) is 40.7. The fourth-order valence-electron chi connectivity index (χ4n) is 7.86. The van der Waals surface area contributed by atoms with E-state index in [9.17, 15) is 19.4 Å². The van der Waals surface area contributed by atoms with Gasteiger partial charge in [0.05, 0.1) is 39.9 Å². The van der Waals surface area contributed by atoms with Gasteiger partial charge in [-0.25, -0.2) is 0 Å². The van der Waals surface area contributed by atoms with Gasteiger partial charge in [0.2, 0.25) is 5.91 Å². The van der Waals surface area contributed by atoms with E-state index in [1.54, 1.807) is 6.08 Å². The molecule has 0 rings (SSSR count). The van der Waals surface area contributed by atoms with Gasteiger partial charge in [-0.05, 0) is 19.3 Å². The van der Waals surface area contributed by atoms with E-state index in [4.69, 9.17) is 9.05 Å². The van der Waals surface area contributed by atoms with Gasteiger partial charge >= 0.3 is 0 Å². The van der Waals surface area contributed by atoms with Crippen molar-refractivity contribution in [3.63, 3.8) is 0 Å². The van der Waals surface area contributed by atoms with Crippen molar-refractivity contribution in [2.24, 2.45) is 0 Å². The number of allylic oxidation sites excluding steroid dienone is 1. The van der Waals surface area contributed by atoms with Crippen molar-refractivity contribution in [2.45, 2.75) is 270 Å². The number of rotatable bonds is 48. The number of phosphoric acid groups is 1. The number of aliphatic hydroxyl groups is 1. The molecular weight excluding hydrogens is 768 g/mol. The predicted octanol–water partition coefficient (Wildman–Crippen LogP) is 14.5. The SMILES string of the molecule is CCCCCCCCCCCCCCCCCCC/C=C/C(O)C(COP(=O)([O-])OCC[N+](C)(C)C)NC(=O)CCCCCCCCCCCCCCCCCCCCC. The summed E-state index contributed by atoms with van der Waals surface area (Å²) in [6.45, 7) is 4.69. The minimum atomic E-state index is -4.59. The van der Waals surface area contributed by atoms with E-state index in [1.165, 1.54) is 199 Å². The molecule has 0 aromatic rings. The van der Waals surface area contributed by atoms with Gasteiger partial charge in [0.15, 0.2) is 0 Å². The second-order valence-corrected chi connectivity index (χ2v) is 20.7. The van der Waals surface area contributed by atoms with Crippen LogP contribution in [0.4, 0.5) is 0 Å². The second kappa shape index (κ2) is 43.5. The lowest BCUT2D eigenvalue weighted by atomic mass is 10.0. The fourth-order valence-corrected chi connectivity index (χ4v) is 8.58. The van der Waals surface area contributed by atoms with Gasteiger partial charge in [0.1, 0.15) is 13.2 Å². The maximum atomic E-state index is 12.9. The van der Waals surface area contributed by atoms with Gasteiger partial charge < -0.3 is 28.8 Å². The molecule has 0 heterocycles. The quantitative estimate of drug-likeness (QED) is 0.0273. The molecule has 0 bridgehead atoms. The highest BCUT2D eigenvalue weighted by Crippen LogP contribution is 2.38. The first-order chi connectivity index (χ1) is 29.0. The number of hydrogen-bond acceptors (Lipinski definition) is 6. The minimum absolute atomic E-state index is 0.00250. The van der Waals surface area contributed by atoms with E-state index in [1.807, 2.05) is 27.2 Å². The summed E-state index contributed by atoms with van der Waals surface area (Å²) in [5.74, 6) is -0.192. The number of nitrogens with one attached hydrogen (secondary N) is 1. The number of carbonyl (C=O) groups excluding carboxylic acids is 1. The molecule has 0 aromatic carbocycles. The van der Waals surface area contributed by atoms with Crippen LogP contribution in [-0.2, 0) is 18.4 Å². The van der Waals surface area contributed by atoms with Crippen molar-refractivity contribution in [2.75, 3.05) is 40.9 Å². The molecule has 8 nitrogen and oxygen atoms in total. The molecule has 3 unspecified atom stereocenters. The Hall–Kier alpha value is -0.760. The summed E-state index contributed by atoms with van der Waals surface area (Å²) in [7, 11) is 1.28. The first kappa shape index (κ1) is 59.2. The Balaban J connectivity index is 4.28. The highest BCUT2D eigenvalue weighted by atomic mass is 31.2. The van der Waals surface area contributed by atoms with Crippen molar-refractivity contribution in [1.82, 2.24) is 5.32 Å². The first-order valence-corrected chi connectivity index (χ1v) is 27.5. The minimum Gasteiger partial charge on any atom is -0.756 e. The van der Waals surface area contributed by atoms with E-state index in [2.05, 4.69) is 19.2 Å². The van der Waals surface area contributed by atoms with E-state index in [0.717, 1.165) is 38.5 Å². The fraction of sp³-hybridized carbons (Fsp3) is 0.941. The molecule has 0 saturated heterocycles. The van der Waals surface area contributed by atoms with Crippen LogP contribution in [0.15, 0.2) is 12.2 Å². The average molecular weight is 871 g/mol. The van der Waals surface area contributed by atoms with Crippen molar-refractivity contribution < 1.29 is 32.9 Å². The van der Waals surface area contributed by atoms with Crippen LogP contribution in [0.2, 0.25) is 0 Å². The van der Waals surface area contributed by atoms with Gasteiger partial charge in [-0.3, -0.25) is 9.36 Å². The molecule has 0 aliphatic carbocycles. The monoisotopic (exact) mass is 871 g/mol. The highest BCUT2D eigenvalue weighted by Gasteiger charge is 2.23. The lowest BCUT2D eigenvalue weighted by Gasteiger charge is -2.29. The van der Waals surface area contributed by atoms with Crippen LogP contribution in [0.1, 0.15) is 258 Å². The first-order valence-electron chi connectivity index (χ1n) is 26.1. The van der Waals surface area contributed by atoms with Crippen LogP contribution >= 0.6 is 7.82 Å². The molecule has 0 aliphatic heterocycles. The normalized spacial score (nSPS) is 14.2.